The highest BCUT2D eigenvalue weighted by Gasteiger charge is 2.43. The zero-order valence-electron chi connectivity index (χ0n) is 13.9. The highest BCUT2D eigenvalue weighted by atomic mass is 19.4. The minimum atomic E-state index is -4.56. The number of alkyl halides is 3. The molecule has 3 fully saturated rings. The van der Waals surface area contributed by atoms with Crippen LogP contribution in [-0.2, 0) is 18.0 Å². The van der Waals surface area contributed by atoms with Crippen LogP contribution in [0.5, 0.6) is 0 Å². The van der Waals surface area contributed by atoms with Crippen LogP contribution in [0.25, 0.3) is 0 Å². The van der Waals surface area contributed by atoms with Gasteiger partial charge in [-0.3, -0.25) is 14.4 Å². The van der Waals surface area contributed by atoms with Gasteiger partial charge in [0.15, 0.2) is 5.69 Å². The van der Waals surface area contributed by atoms with Crippen molar-refractivity contribution in [3.05, 3.63) is 17.5 Å². The average Bonchev–Trinajstić information content (AvgIpc) is 3.18. The number of hydrogen-bond donors (Lipinski definition) is 1. The first kappa shape index (κ1) is 16.8. The second-order valence-corrected chi connectivity index (χ2v) is 7.26. The molecule has 3 atom stereocenters. The van der Waals surface area contributed by atoms with Crippen LogP contribution in [0, 0.1) is 5.92 Å². The smallest absolute Gasteiger partial charge is 0.375 e. The topological polar surface area (TPSA) is 59.4 Å². The number of carbonyl (C=O) groups excluding carboxylic acids is 1. The van der Waals surface area contributed by atoms with Gasteiger partial charge in [0.25, 0.3) is 5.91 Å². The molecule has 3 aliphatic rings. The standard InChI is InChI=1S/C16H21F3N4O2/c1-22-12(5-14(21-22)16(17,18)19)15(24)20-10-4-11-8-25-13(9-2-3-9)7-23(11)6-10/h5,9-11,13H,2-4,6-8H2,1H3,(H,20,24)/t10-,11-,13+/m0/s1. The van der Waals surface area contributed by atoms with Gasteiger partial charge in [0.2, 0.25) is 0 Å². The summed E-state index contributed by atoms with van der Waals surface area (Å²) in [4.78, 5) is 14.7. The summed E-state index contributed by atoms with van der Waals surface area (Å²) >= 11 is 0. The summed E-state index contributed by atoms with van der Waals surface area (Å²) in [5.41, 5.74) is -1.13. The van der Waals surface area contributed by atoms with Crippen molar-refractivity contribution >= 4 is 5.91 Å². The lowest BCUT2D eigenvalue weighted by molar-refractivity contribution is -0.141. The number of rotatable bonds is 3. The summed E-state index contributed by atoms with van der Waals surface area (Å²) in [6, 6.07) is 0.991. The third-order valence-corrected chi connectivity index (χ3v) is 5.33. The van der Waals surface area contributed by atoms with Gasteiger partial charge in [0.1, 0.15) is 5.69 Å². The molecule has 3 heterocycles. The quantitative estimate of drug-likeness (QED) is 0.888. The zero-order valence-corrected chi connectivity index (χ0v) is 13.9. The van der Waals surface area contributed by atoms with Gasteiger partial charge in [-0.25, -0.2) is 0 Å². The van der Waals surface area contributed by atoms with Crippen LogP contribution < -0.4 is 5.32 Å². The molecule has 138 valence electrons. The monoisotopic (exact) mass is 358 g/mol. The first-order chi connectivity index (χ1) is 11.8. The Morgan fingerprint density at radius 1 is 1.36 bits per heavy atom. The van der Waals surface area contributed by atoms with E-state index in [1.54, 1.807) is 0 Å². The summed E-state index contributed by atoms with van der Waals surface area (Å²) in [7, 11) is 1.34. The number of nitrogens with one attached hydrogen (secondary N) is 1. The molecule has 6 nitrogen and oxygen atoms in total. The number of halogens is 3. The second kappa shape index (κ2) is 5.98. The fraction of sp³-hybridized carbons (Fsp3) is 0.750. The van der Waals surface area contributed by atoms with Crippen molar-refractivity contribution in [3.8, 4) is 0 Å². The van der Waals surface area contributed by atoms with Crippen LogP contribution in [-0.4, -0.2) is 58.5 Å². The van der Waals surface area contributed by atoms with Gasteiger partial charge >= 0.3 is 6.18 Å². The van der Waals surface area contributed by atoms with Gasteiger partial charge in [-0.15, -0.1) is 0 Å². The van der Waals surface area contributed by atoms with Crippen LogP contribution in [0.2, 0.25) is 0 Å². The maximum absolute atomic E-state index is 12.7. The molecule has 0 unspecified atom stereocenters. The minimum absolute atomic E-state index is 0.0793. The number of aryl methyl sites for hydroxylation is 1. The van der Waals surface area contributed by atoms with Gasteiger partial charge in [0, 0.05) is 38.3 Å². The van der Waals surface area contributed by atoms with Crippen molar-refractivity contribution in [1.29, 1.82) is 0 Å². The molecule has 0 aromatic carbocycles. The van der Waals surface area contributed by atoms with Crippen molar-refractivity contribution < 1.29 is 22.7 Å². The minimum Gasteiger partial charge on any atom is -0.375 e. The fourth-order valence-electron chi connectivity index (χ4n) is 3.84. The third kappa shape index (κ3) is 3.39. The summed E-state index contributed by atoms with van der Waals surface area (Å²) in [6.07, 6.45) is -1.05. The van der Waals surface area contributed by atoms with Crippen molar-refractivity contribution in [2.45, 2.75) is 43.6 Å². The van der Waals surface area contributed by atoms with E-state index in [1.165, 1.54) is 19.9 Å². The predicted octanol–water partition coefficient (Wildman–Crippen LogP) is 1.42. The van der Waals surface area contributed by atoms with E-state index in [0.29, 0.717) is 19.1 Å². The number of morpholine rings is 1. The SMILES string of the molecule is Cn1nc(C(F)(F)F)cc1C(=O)N[C@H]1C[C@H]2CO[C@@H](C3CC3)CN2C1. The molecular weight excluding hydrogens is 337 g/mol. The van der Waals surface area contributed by atoms with Gasteiger partial charge in [-0.05, 0) is 25.2 Å². The molecule has 9 heteroatoms. The first-order valence-electron chi connectivity index (χ1n) is 8.59. The lowest BCUT2D eigenvalue weighted by Gasteiger charge is -2.35. The molecule has 1 amide bonds. The molecule has 0 bridgehead atoms. The van der Waals surface area contributed by atoms with Crippen molar-refractivity contribution in [1.82, 2.24) is 20.0 Å². The van der Waals surface area contributed by atoms with Crippen LogP contribution in [0.1, 0.15) is 35.4 Å². The molecule has 1 saturated carbocycles. The van der Waals surface area contributed by atoms with E-state index in [1.807, 2.05) is 0 Å². The first-order valence-corrected chi connectivity index (χ1v) is 8.59. The number of fused-ring (bicyclic) bond motifs is 1. The molecule has 25 heavy (non-hydrogen) atoms. The van der Waals surface area contributed by atoms with Gasteiger partial charge in [0.05, 0.1) is 12.7 Å². The molecule has 1 aromatic rings. The van der Waals surface area contributed by atoms with E-state index < -0.39 is 17.8 Å². The highest BCUT2D eigenvalue weighted by Crippen LogP contribution is 2.38. The maximum atomic E-state index is 12.7. The second-order valence-electron chi connectivity index (χ2n) is 7.26. The van der Waals surface area contributed by atoms with E-state index in [2.05, 4.69) is 15.3 Å². The molecule has 0 radical (unpaired) electrons. The van der Waals surface area contributed by atoms with E-state index in [0.717, 1.165) is 23.7 Å². The number of carbonyl (C=O) groups is 1. The van der Waals surface area contributed by atoms with Gasteiger partial charge in [-0.1, -0.05) is 0 Å². The van der Waals surface area contributed by atoms with Crippen molar-refractivity contribution in [2.24, 2.45) is 13.0 Å². The Balaban J connectivity index is 1.38. The molecule has 0 spiro atoms. The van der Waals surface area contributed by atoms with E-state index in [9.17, 15) is 18.0 Å². The number of hydrogen-bond acceptors (Lipinski definition) is 4. The predicted molar refractivity (Wildman–Crippen MR) is 81.9 cm³/mol. The Bertz CT molecular complexity index is 671. The van der Waals surface area contributed by atoms with Crippen LogP contribution in [0.15, 0.2) is 6.07 Å². The summed E-state index contributed by atoms with van der Waals surface area (Å²) in [5.74, 6) is 0.153. The Morgan fingerprint density at radius 2 is 2.12 bits per heavy atom. The molecule has 1 aromatic heterocycles. The van der Waals surface area contributed by atoms with Gasteiger partial charge in [-0.2, -0.15) is 18.3 Å². The number of amides is 1. The largest absolute Gasteiger partial charge is 0.435 e. The van der Waals surface area contributed by atoms with Crippen molar-refractivity contribution in [3.63, 3.8) is 0 Å². The summed E-state index contributed by atoms with van der Waals surface area (Å²) < 4.78 is 45.1. The van der Waals surface area contributed by atoms with Crippen LogP contribution in [0.4, 0.5) is 13.2 Å². The Hall–Kier alpha value is -1.61. The molecule has 4 rings (SSSR count). The summed E-state index contributed by atoms with van der Waals surface area (Å²) in [6.45, 7) is 2.26. The summed E-state index contributed by atoms with van der Waals surface area (Å²) in [5, 5.41) is 6.24. The molecule has 1 N–H and O–H groups in total. The molecular formula is C16H21F3N4O2. The Labute approximate surface area is 143 Å². The van der Waals surface area contributed by atoms with E-state index in [-0.39, 0.29) is 23.9 Å². The van der Waals surface area contributed by atoms with Crippen molar-refractivity contribution in [2.75, 3.05) is 19.7 Å². The fourth-order valence-corrected chi connectivity index (χ4v) is 3.84. The normalized spacial score (nSPS) is 30.3. The Kier molecular flexibility index (Phi) is 4.03. The zero-order chi connectivity index (χ0) is 17.8. The third-order valence-electron chi connectivity index (χ3n) is 5.33. The molecule has 2 aliphatic heterocycles. The molecule has 1 aliphatic carbocycles. The number of nitrogens with zero attached hydrogens (tertiary/aromatic N) is 3. The average molecular weight is 358 g/mol. The van der Waals surface area contributed by atoms with Crippen LogP contribution in [0.3, 0.4) is 0 Å². The highest BCUT2D eigenvalue weighted by molar-refractivity contribution is 5.92. The Morgan fingerprint density at radius 3 is 2.76 bits per heavy atom. The lowest BCUT2D eigenvalue weighted by Crippen LogP contribution is -2.47. The molecule has 2 saturated heterocycles. The van der Waals surface area contributed by atoms with E-state index in [4.69, 9.17) is 4.74 Å². The number of aromatic nitrogens is 2. The maximum Gasteiger partial charge on any atom is 0.435 e. The lowest BCUT2D eigenvalue weighted by atomic mass is 10.1. The number of ether oxygens (including phenoxy) is 1. The van der Waals surface area contributed by atoms with Crippen LogP contribution >= 0.6 is 0 Å². The van der Waals surface area contributed by atoms with E-state index >= 15 is 0 Å². The van der Waals surface area contributed by atoms with Gasteiger partial charge < -0.3 is 10.1 Å².